The zero-order chi connectivity index (χ0) is 12.3. The zero-order valence-electron chi connectivity index (χ0n) is 10.2. The van der Waals surface area contributed by atoms with Crippen molar-refractivity contribution in [2.75, 3.05) is 13.1 Å². The van der Waals surface area contributed by atoms with E-state index in [9.17, 15) is 4.79 Å². The monoisotopic (exact) mass is 308 g/mol. The number of carbonyl (C=O) groups is 1. The lowest BCUT2D eigenvalue weighted by Crippen LogP contribution is -2.46. The Morgan fingerprint density at radius 1 is 1.61 bits per heavy atom. The molecule has 1 amide bonds. The van der Waals surface area contributed by atoms with Crippen LogP contribution in [0, 0.1) is 0 Å². The predicted molar refractivity (Wildman–Crippen MR) is 79.0 cm³/mol. The summed E-state index contributed by atoms with van der Waals surface area (Å²) in [5.74, 6) is -0.0216. The number of hydrogen-bond donors (Lipinski definition) is 2. The van der Waals surface area contributed by atoms with E-state index in [-0.39, 0.29) is 30.3 Å². The summed E-state index contributed by atoms with van der Waals surface area (Å²) in [6.45, 7) is 3.86. The molecule has 6 heteroatoms. The normalized spacial score (nSPS) is 20.9. The number of thiophene rings is 1. The third kappa shape index (κ3) is 4.12. The van der Waals surface area contributed by atoms with Crippen LogP contribution in [0.5, 0.6) is 0 Å². The Hall–Kier alpha value is -0.290. The number of piperidine rings is 1. The summed E-state index contributed by atoms with van der Waals surface area (Å²) in [7, 11) is 0. The van der Waals surface area contributed by atoms with E-state index in [1.54, 1.807) is 0 Å². The standard InChI is InChI=1S/C12H17ClN2OS.ClH/c1-8(10-4-5-11(13)17-10)12(16)15-9-3-2-6-14-7-9;/h4-5,8-9,14H,2-3,6-7H2,1H3,(H,15,16);1H/t8?,9-;/m0./s1. The molecule has 1 unspecified atom stereocenters. The summed E-state index contributed by atoms with van der Waals surface area (Å²) in [5.41, 5.74) is 0. The van der Waals surface area contributed by atoms with Crippen molar-refractivity contribution >= 4 is 41.3 Å². The van der Waals surface area contributed by atoms with Gasteiger partial charge in [-0.25, -0.2) is 0 Å². The lowest BCUT2D eigenvalue weighted by Gasteiger charge is -2.25. The molecular formula is C12H18Cl2N2OS. The Balaban J connectivity index is 0.00000162. The van der Waals surface area contributed by atoms with Crippen LogP contribution in [-0.4, -0.2) is 25.0 Å². The van der Waals surface area contributed by atoms with Gasteiger partial charge in [0, 0.05) is 17.5 Å². The van der Waals surface area contributed by atoms with Gasteiger partial charge >= 0.3 is 0 Å². The second-order valence-electron chi connectivity index (χ2n) is 4.42. The molecular weight excluding hydrogens is 291 g/mol. The molecule has 1 aromatic rings. The quantitative estimate of drug-likeness (QED) is 0.901. The fourth-order valence-electron chi connectivity index (χ4n) is 1.99. The fourth-order valence-corrected chi connectivity index (χ4v) is 3.10. The van der Waals surface area contributed by atoms with Crippen LogP contribution in [0.3, 0.4) is 0 Å². The van der Waals surface area contributed by atoms with Crippen molar-refractivity contribution in [1.29, 1.82) is 0 Å². The summed E-state index contributed by atoms with van der Waals surface area (Å²) in [6, 6.07) is 4.04. The van der Waals surface area contributed by atoms with E-state index < -0.39 is 0 Å². The van der Waals surface area contributed by atoms with Crippen molar-refractivity contribution in [3.63, 3.8) is 0 Å². The maximum Gasteiger partial charge on any atom is 0.228 e. The molecule has 0 saturated carbocycles. The Morgan fingerprint density at radius 3 is 2.94 bits per heavy atom. The molecule has 0 bridgehead atoms. The van der Waals surface area contributed by atoms with E-state index >= 15 is 0 Å². The van der Waals surface area contributed by atoms with Crippen molar-refractivity contribution in [3.8, 4) is 0 Å². The average molecular weight is 309 g/mol. The SMILES string of the molecule is CC(C(=O)N[C@H]1CCCNC1)c1ccc(Cl)s1.Cl. The van der Waals surface area contributed by atoms with Crippen molar-refractivity contribution < 1.29 is 4.79 Å². The van der Waals surface area contributed by atoms with Gasteiger partial charge in [-0.1, -0.05) is 11.6 Å². The minimum atomic E-state index is -0.116. The maximum absolute atomic E-state index is 12.0. The first-order valence-corrected chi connectivity index (χ1v) is 7.12. The molecule has 2 atom stereocenters. The molecule has 0 aliphatic carbocycles. The molecule has 2 heterocycles. The van der Waals surface area contributed by atoms with Crippen LogP contribution in [0.2, 0.25) is 4.34 Å². The summed E-state index contributed by atoms with van der Waals surface area (Å²) in [4.78, 5) is 13.1. The molecule has 1 aromatic heterocycles. The van der Waals surface area contributed by atoms with Crippen LogP contribution in [0.4, 0.5) is 0 Å². The van der Waals surface area contributed by atoms with Crippen molar-refractivity contribution in [1.82, 2.24) is 10.6 Å². The Morgan fingerprint density at radius 2 is 2.39 bits per heavy atom. The third-order valence-corrected chi connectivity index (χ3v) is 4.47. The van der Waals surface area contributed by atoms with Crippen LogP contribution >= 0.6 is 35.3 Å². The van der Waals surface area contributed by atoms with Gasteiger partial charge in [0.1, 0.15) is 0 Å². The van der Waals surface area contributed by atoms with Crippen molar-refractivity contribution in [3.05, 3.63) is 21.3 Å². The van der Waals surface area contributed by atoms with E-state index in [0.29, 0.717) is 0 Å². The van der Waals surface area contributed by atoms with E-state index in [0.717, 1.165) is 35.1 Å². The smallest absolute Gasteiger partial charge is 0.228 e. The van der Waals surface area contributed by atoms with Gasteiger partial charge in [0.25, 0.3) is 0 Å². The Labute approximate surface area is 123 Å². The van der Waals surface area contributed by atoms with Gasteiger partial charge in [-0.2, -0.15) is 0 Å². The first-order chi connectivity index (χ1) is 8.16. The molecule has 0 radical (unpaired) electrons. The number of amides is 1. The largest absolute Gasteiger partial charge is 0.352 e. The molecule has 1 fully saturated rings. The Bertz CT molecular complexity index is 391. The minimum absolute atomic E-state index is 0. The molecule has 2 N–H and O–H groups in total. The fraction of sp³-hybridized carbons (Fsp3) is 0.583. The highest BCUT2D eigenvalue weighted by Crippen LogP contribution is 2.28. The number of hydrogen-bond acceptors (Lipinski definition) is 3. The highest BCUT2D eigenvalue weighted by Gasteiger charge is 2.21. The second kappa shape index (κ2) is 7.34. The minimum Gasteiger partial charge on any atom is -0.352 e. The first kappa shape index (κ1) is 15.8. The van der Waals surface area contributed by atoms with Gasteiger partial charge in [-0.05, 0) is 38.4 Å². The molecule has 1 aliphatic heterocycles. The zero-order valence-corrected chi connectivity index (χ0v) is 12.6. The van der Waals surface area contributed by atoms with E-state index in [4.69, 9.17) is 11.6 Å². The lowest BCUT2D eigenvalue weighted by molar-refractivity contribution is -0.122. The highest BCUT2D eigenvalue weighted by atomic mass is 35.5. The topological polar surface area (TPSA) is 41.1 Å². The van der Waals surface area contributed by atoms with Gasteiger partial charge < -0.3 is 10.6 Å². The number of carbonyl (C=O) groups excluding carboxylic acids is 1. The first-order valence-electron chi connectivity index (χ1n) is 5.93. The Kier molecular flexibility index (Phi) is 6.43. The lowest BCUT2D eigenvalue weighted by atomic mass is 10.1. The van der Waals surface area contributed by atoms with Crippen molar-refractivity contribution in [2.24, 2.45) is 0 Å². The average Bonchev–Trinajstić information content (AvgIpc) is 2.76. The van der Waals surface area contributed by atoms with Gasteiger partial charge in [0.2, 0.25) is 5.91 Å². The van der Waals surface area contributed by atoms with Gasteiger partial charge in [0.15, 0.2) is 0 Å². The summed E-state index contributed by atoms with van der Waals surface area (Å²) in [6.07, 6.45) is 2.20. The highest BCUT2D eigenvalue weighted by molar-refractivity contribution is 7.16. The molecule has 2 rings (SSSR count). The molecule has 102 valence electrons. The molecule has 0 spiro atoms. The third-order valence-electron chi connectivity index (χ3n) is 3.06. The number of rotatable bonds is 3. The van der Waals surface area contributed by atoms with Crippen LogP contribution in [0.15, 0.2) is 12.1 Å². The van der Waals surface area contributed by atoms with Crippen LogP contribution in [0.1, 0.15) is 30.6 Å². The number of nitrogens with one attached hydrogen (secondary N) is 2. The summed E-state index contributed by atoms with van der Waals surface area (Å²) >= 11 is 7.35. The van der Waals surface area contributed by atoms with E-state index in [2.05, 4.69) is 10.6 Å². The summed E-state index contributed by atoms with van der Waals surface area (Å²) in [5, 5.41) is 6.38. The van der Waals surface area contributed by atoms with Crippen LogP contribution in [-0.2, 0) is 4.79 Å². The van der Waals surface area contributed by atoms with E-state index in [1.807, 2.05) is 19.1 Å². The van der Waals surface area contributed by atoms with Gasteiger partial charge in [-0.15, -0.1) is 23.7 Å². The molecule has 1 saturated heterocycles. The maximum atomic E-state index is 12.0. The van der Waals surface area contributed by atoms with Gasteiger partial charge in [-0.3, -0.25) is 4.79 Å². The molecule has 3 nitrogen and oxygen atoms in total. The van der Waals surface area contributed by atoms with Crippen LogP contribution < -0.4 is 10.6 Å². The molecule has 18 heavy (non-hydrogen) atoms. The second-order valence-corrected chi connectivity index (χ2v) is 6.16. The number of halogens is 2. The summed E-state index contributed by atoms with van der Waals surface area (Å²) < 4.78 is 0.735. The molecule has 1 aliphatic rings. The van der Waals surface area contributed by atoms with Crippen LogP contribution in [0.25, 0.3) is 0 Å². The van der Waals surface area contributed by atoms with E-state index in [1.165, 1.54) is 11.3 Å². The molecule has 0 aromatic carbocycles. The van der Waals surface area contributed by atoms with Gasteiger partial charge in [0.05, 0.1) is 10.3 Å². The predicted octanol–water partition coefficient (Wildman–Crippen LogP) is 2.80. The van der Waals surface area contributed by atoms with Crippen molar-refractivity contribution in [2.45, 2.75) is 31.7 Å².